The number of hydrogen-bond donors (Lipinski definition) is 2. The van der Waals surface area contributed by atoms with E-state index in [-0.39, 0.29) is 12.4 Å². The zero-order valence-electron chi connectivity index (χ0n) is 8.29. The molecule has 1 saturated carbocycles. The molecule has 15 heavy (non-hydrogen) atoms. The number of carbonyl (C=O) groups is 1. The molecule has 0 heterocycles. The van der Waals surface area contributed by atoms with Crippen LogP contribution in [0.15, 0.2) is 18.2 Å². The molecule has 1 aliphatic carbocycles. The summed E-state index contributed by atoms with van der Waals surface area (Å²) in [6.45, 7) is 0.154. The zero-order valence-corrected chi connectivity index (χ0v) is 8.29. The van der Waals surface area contributed by atoms with Gasteiger partial charge in [0.05, 0.1) is 0 Å². The van der Waals surface area contributed by atoms with E-state index in [1.54, 1.807) is 6.07 Å². The Morgan fingerprint density at radius 1 is 1.53 bits per heavy atom. The second-order valence-corrected chi connectivity index (χ2v) is 3.84. The van der Waals surface area contributed by atoms with Gasteiger partial charge in [0.15, 0.2) is 0 Å². The van der Waals surface area contributed by atoms with Crippen LogP contribution in [0.4, 0.5) is 9.18 Å². The van der Waals surface area contributed by atoms with Crippen LogP contribution in [0, 0.1) is 5.82 Å². The Hall–Kier alpha value is -1.58. The lowest BCUT2D eigenvalue weighted by Gasteiger charge is -2.06. The number of rotatable bonds is 3. The molecule has 1 fully saturated rings. The van der Waals surface area contributed by atoms with Gasteiger partial charge >= 0.3 is 6.03 Å². The maximum absolute atomic E-state index is 13.3. The number of halogens is 1. The second kappa shape index (κ2) is 3.88. The van der Waals surface area contributed by atoms with E-state index in [9.17, 15) is 9.18 Å². The standard InChI is InChI=1S/C11H13FN2O/c12-10-4-3-8(7-1-2-7)5-9(10)6-14-11(13)15/h3-5,7H,1-2,6H2,(H3,13,14,15). The molecule has 2 amide bonds. The SMILES string of the molecule is NC(=O)NCc1cc(C2CC2)ccc1F. The predicted octanol–water partition coefficient (Wildman–Crippen LogP) is 1.87. The topological polar surface area (TPSA) is 55.1 Å². The lowest BCUT2D eigenvalue weighted by atomic mass is 10.1. The summed E-state index contributed by atoms with van der Waals surface area (Å²) < 4.78 is 13.3. The number of benzene rings is 1. The molecule has 1 aliphatic rings. The van der Waals surface area contributed by atoms with E-state index in [1.807, 2.05) is 6.07 Å². The van der Waals surface area contributed by atoms with Crippen LogP contribution in [-0.2, 0) is 6.54 Å². The highest BCUT2D eigenvalue weighted by Gasteiger charge is 2.24. The highest BCUT2D eigenvalue weighted by molar-refractivity contribution is 5.71. The molecule has 0 radical (unpaired) electrons. The Kier molecular flexibility index (Phi) is 2.58. The highest BCUT2D eigenvalue weighted by Crippen LogP contribution is 2.40. The van der Waals surface area contributed by atoms with Crippen LogP contribution in [0.5, 0.6) is 0 Å². The summed E-state index contributed by atoms with van der Waals surface area (Å²) in [6, 6.07) is 4.43. The monoisotopic (exact) mass is 208 g/mol. The third-order valence-electron chi connectivity index (χ3n) is 2.57. The van der Waals surface area contributed by atoms with Gasteiger partial charge in [-0.15, -0.1) is 0 Å². The minimum absolute atomic E-state index is 0.154. The summed E-state index contributed by atoms with van der Waals surface area (Å²) in [5.74, 6) is 0.283. The van der Waals surface area contributed by atoms with Gasteiger partial charge in [0, 0.05) is 12.1 Å². The lowest BCUT2D eigenvalue weighted by Crippen LogP contribution is -2.29. The van der Waals surface area contributed by atoms with Crippen molar-refractivity contribution in [3.05, 3.63) is 35.1 Å². The van der Waals surface area contributed by atoms with E-state index in [0.717, 1.165) is 5.56 Å². The van der Waals surface area contributed by atoms with Gasteiger partial charge < -0.3 is 11.1 Å². The smallest absolute Gasteiger partial charge is 0.312 e. The summed E-state index contributed by atoms with van der Waals surface area (Å²) in [5.41, 5.74) is 6.58. The Morgan fingerprint density at radius 3 is 2.87 bits per heavy atom. The Bertz CT molecular complexity index is 388. The fourth-order valence-electron chi connectivity index (χ4n) is 1.58. The van der Waals surface area contributed by atoms with E-state index >= 15 is 0 Å². The summed E-state index contributed by atoms with van der Waals surface area (Å²) in [6.07, 6.45) is 2.35. The molecule has 2 rings (SSSR count). The fourth-order valence-corrected chi connectivity index (χ4v) is 1.58. The normalized spacial score (nSPS) is 15.0. The second-order valence-electron chi connectivity index (χ2n) is 3.84. The van der Waals surface area contributed by atoms with Gasteiger partial charge in [-0.2, -0.15) is 0 Å². The van der Waals surface area contributed by atoms with E-state index in [2.05, 4.69) is 5.32 Å². The number of urea groups is 1. The first-order valence-electron chi connectivity index (χ1n) is 4.98. The van der Waals surface area contributed by atoms with Crippen molar-refractivity contribution in [1.82, 2.24) is 5.32 Å². The number of amides is 2. The summed E-state index contributed by atoms with van der Waals surface area (Å²) >= 11 is 0. The molecule has 0 spiro atoms. The third kappa shape index (κ3) is 2.46. The van der Waals surface area contributed by atoms with Crippen molar-refractivity contribution < 1.29 is 9.18 Å². The first-order valence-corrected chi connectivity index (χ1v) is 4.98. The van der Waals surface area contributed by atoms with E-state index in [1.165, 1.54) is 18.9 Å². The first-order chi connectivity index (χ1) is 7.16. The fraction of sp³-hybridized carbons (Fsp3) is 0.364. The molecule has 0 bridgehead atoms. The molecule has 1 aromatic rings. The van der Waals surface area contributed by atoms with Crippen molar-refractivity contribution in [2.24, 2.45) is 5.73 Å². The number of nitrogens with two attached hydrogens (primary N) is 1. The minimum Gasteiger partial charge on any atom is -0.352 e. The van der Waals surface area contributed by atoms with Gasteiger partial charge in [-0.25, -0.2) is 9.18 Å². The Morgan fingerprint density at radius 2 is 2.27 bits per heavy atom. The van der Waals surface area contributed by atoms with Gasteiger partial charge in [-0.3, -0.25) is 0 Å². The number of carbonyl (C=O) groups excluding carboxylic acids is 1. The highest BCUT2D eigenvalue weighted by atomic mass is 19.1. The average Bonchev–Trinajstić information content (AvgIpc) is 3.00. The lowest BCUT2D eigenvalue weighted by molar-refractivity contribution is 0.248. The number of nitrogens with one attached hydrogen (secondary N) is 1. The molecule has 1 aromatic carbocycles. The molecule has 0 aliphatic heterocycles. The number of hydrogen-bond acceptors (Lipinski definition) is 1. The van der Waals surface area contributed by atoms with Crippen LogP contribution in [-0.4, -0.2) is 6.03 Å². The van der Waals surface area contributed by atoms with Gasteiger partial charge in [-0.05, 0) is 30.4 Å². The van der Waals surface area contributed by atoms with Crippen LogP contribution < -0.4 is 11.1 Å². The van der Waals surface area contributed by atoms with Crippen molar-refractivity contribution >= 4 is 6.03 Å². The van der Waals surface area contributed by atoms with Gasteiger partial charge in [-0.1, -0.05) is 12.1 Å². The molecule has 0 unspecified atom stereocenters. The quantitative estimate of drug-likeness (QED) is 0.782. The van der Waals surface area contributed by atoms with Crippen LogP contribution in [0.1, 0.15) is 29.9 Å². The molecule has 3 nitrogen and oxygen atoms in total. The molecule has 3 N–H and O–H groups in total. The minimum atomic E-state index is -0.633. The number of primary amides is 1. The van der Waals surface area contributed by atoms with E-state index < -0.39 is 6.03 Å². The Balaban J connectivity index is 2.13. The molecule has 0 aromatic heterocycles. The zero-order chi connectivity index (χ0) is 10.8. The van der Waals surface area contributed by atoms with Gasteiger partial charge in [0.25, 0.3) is 0 Å². The van der Waals surface area contributed by atoms with Gasteiger partial charge in [0.1, 0.15) is 5.82 Å². The predicted molar refractivity (Wildman–Crippen MR) is 54.8 cm³/mol. The van der Waals surface area contributed by atoms with Crippen molar-refractivity contribution in [1.29, 1.82) is 0 Å². The van der Waals surface area contributed by atoms with Crippen LogP contribution in [0.3, 0.4) is 0 Å². The molecule has 4 heteroatoms. The van der Waals surface area contributed by atoms with Crippen molar-refractivity contribution in [3.8, 4) is 0 Å². The van der Waals surface area contributed by atoms with Crippen LogP contribution in [0.2, 0.25) is 0 Å². The van der Waals surface area contributed by atoms with Crippen LogP contribution >= 0.6 is 0 Å². The van der Waals surface area contributed by atoms with Crippen molar-refractivity contribution in [2.45, 2.75) is 25.3 Å². The molecular formula is C11H13FN2O. The Labute approximate surface area is 87.5 Å². The largest absolute Gasteiger partial charge is 0.352 e. The summed E-state index contributed by atoms with van der Waals surface area (Å²) in [7, 11) is 0. The average molecular weight is 208 g/mol. The molecule has 80 valence electrons. The summed E-state index contributed by atoms with van der Waals surface area (Å²) in [5, 5.41) is 2.39. The maximum atomic E-state index is 13.3. The molecular weight excluding hydrogens is 195 g/mol. The van der Waals surface area contributed by atoms with Gasteiger partial charge in [0.2, 0.25) is 0 Å². The van der Waals surface area contributed by atoms with Crippen molar-refractivity contribution in [2.75, 3.05) is 0 Å². The van der Waals surface area contributed by atoms with E-state index in [0.29, 0.717) is 11.5 Å². The third-order valence-corrected chi connectivity index (χ3v) is 2.57. The van der Waals surface area contributed by atoms with E-state index in [4.69, 9.17) is 5.73 Å². The molecule has 0 saturated heterocycles. The van der Waals surface area contributed by atoms with Crippen molar-refractivity contribution in [3.63, 3.8) is 0 Å². The first kappa shape index (κ1) is 9.96. The molecule has 0 atom stereocenters. The van der Waals surface area contributed by atoms with Crippen LogP contribution in [0.25, 0.3) is 0 Å². The maximum Gasteiger partial charge on any atom is 0.312 e. The summed E-state index contributed by atoms with van der Waals surface area (Å²) in [4.78, 5) is 10.5.